The predicted molar refractivity (Wildman–Crippen MR) is 199 cm³/mol. The minimum Gasteiger partial charge on any atom is -0.455 e. The lowest BCUT2D eigenvalue weighted by molar-refractivity contribution is 0.662. The van der Waals surface area contributed by atoms with Crippen LogP contribution in [0.25, 0.3) is 106 Å². The number of rotatable bonds is 4. The fraction of sp³-hybridized carbons (Fsp3) is 0.0455. The monoisotopic (exact) mass is 603 g/mol. The molecule has 0 saturated carbocycles. The Bertz CT molecular complexity index is 2880. The average molecular weight is 604 g/mol. The van der Waals surface area contributed by atoms with Gasteiger partial charge >= 0.3 is 0 Å². The smallest absolute Gasteiger partial charge is 0.159 e. The molecule has 3 heteroatoms. The zero-order valence-corrected chi connectivity index (χ0v) is 26.1. The van der Waals surface area contributed by atoms with Gasteiger partial charge in [-0.15, -0.1) is 0 Å². The maximum Gasteiger partial charge on any atom is 0.159 e. The Kier molecular flexibility index (Phi) is 5.28. The summed E-state index contributed by atoms with van der Waals surface area (Å²) in [6, 6.07) is 36.6. The Morgan fingerprint density at radius 2 is 1.30 bits per heavy atom. The molecule has 10 rings (SSSR count). The number of hydrogen-bond acceptors (Lipinski definition) is 2. The van der Waals surface area contributed by atoms with Gasteiger partial charge in [-0.3, -0.25) is 0 Å². The van der Waals surface area contributed by atoms with Gasteiger partial charge in [0, 0.05) is 38.1 Å². The molecule has 0 saturated heterocycles. The van der Waals surface area contributed by atoms with E-state index >= 15 is 0 Å². The van der Waals surface area contributed by atoms with Crippen LogP contribution >= 0.6 is 0 Å². The zero-order chi connectivity index (χ0) is 31.4. The topological polar surface area (TPSA) is 31.2 Å². The Morgan fingerprint density at radius 3 is 2.04 bits per heavy atom. The van der Waals surface area contributed by atoms with Gasteiger partial charge in [0.2, 0.25) is 0 Å². The van der Waals surface area contributed by atoms with Gasteiger partial charge in [-0.1, -0.05) is 97.6 Å². The molecule has 0 radical (unpaired) electrons. The van der Waals surface area contributed by atoms with Gasteiger partial charge in [0.15, 0.2) is 5.58 Å². The van der Waals surface area contributed by atoms with Gasteiger partial charge in [-0.25, -0.2) is 0 Å². The lowest BCUT2D eigenvalue weighted by Crippen LogP contribution is -2.02. The molecule has 3 nitrogen and oxygen atoms in total. The highest BCUT2D eigenvalue weighted by Crippen LogP contribution is 2.46. The largest absolute Gasteiger partial charge is 0.455 e. The van der Waals surface area contributed by atoms with Crippen molar-refractivity contribution in [3.05, 3.63) is 138 Å². The second-order valence-electron chi connectivity index (χ2n) is 12.5. The summed E-state index contributed by atoms with van der Waals surface area (Å²) < 4.78 is 15.9. The van der Waals surface area contributed by atoms with Crippen molar-refractivity contribution in [1.29, 1.82) is 0 Å². The van der Waals surface area contributed by atoms with Crippen molar-refractivity contribution in [2.24, 2.45) is 0 Å². The highest BCUT2D eigenvalue weighted by Gasteiger charge is 2.26. The van der Waals surface area contributed by atoms with Gasteiger partial charge in [-0.2, -0.15) is 0 Å². The molecule has 0 aliphatic heterocycles. The summed E-state index contributed by atoms with van der Waals surface area (Å²) in [5.41, 5.74) is 14.1. The summed E-state index contributed by atoms with van der Waals surface area (Å²) in [6.07, 6.45) is 8.46. The molecule has 1 aliphatic rings. The van der Waals surface area contributed by atoms with Gasteiger partial charge < -0.3 is 13.4 Å². The van der Waals surface area contributed by atoms with Crippen LogP contribution in [0.5, 0.6) is 0 Å². The van der Waals surface area contributed by atoms with E-state index in [9.17, 15) is 0 Å². The van der Waals surface area contributed by atoms with E-state index in [1.54, 1.807) is 0 Å². The van der Waals surface area contributed by atoms with Crippen molar-refractivity contribution >= 4 is 89.4 Å². The molecule has 47 heavy (non-hydrogen) atoms. The third kappa shape index (κ3) is 3.46. The number of para-hydroxylation sites is 3. The van der Waals surface area contributed by atoms with Crippen LogP contribution in [0, 0.1) is 0 Å². The lowest BCUT2D eigenvalue weighted by atomic mass is 9.90. The number of benzene rings is 6. The molecule has 0 fully saturated rings. The molecule has 6 aromatic carbocycles. The first kappa shape index (κ1) is 26.2. The molecule has 0 bridgehead atoms. The van der Waals surface area contributed by atoms with Crippen LogP contribution in [-0.2, 0) is 0 Å². The average Bonchev–Trinajstić information content (AvgIpc) is 3.74. The fourth-order valence-corrected chi connectivity index (χ4v) is 7.89. The lowest BCUT2D eigenvalue weighted by Gasteiger charge is -2.16. The van der Waals surface area contributed by atoms with E-state index < -0.39 is 0 Å². The number of aromatic nitrogens is 1. The zero-order valence-electron chi connectivity index (χ0n) is 26.1. The van der Waals surface area contributed by atoms with Crippen LogP contribution in [0.1, 0.15) is 36.2 Å². The van der Waals surface area contributed by atoms with E-state index in [2.05, 4.69) is 146 Å². The number of furan rings is 2. The molecule has 1 aliphatic carbocycles. The van der Waals surface area contributed by atoms with E-state index in [0.29, 0.717) is 0 Å². The fourth-order valence-electron chi connectivity index (χ4n) is 7.89. The third-order valence-corrected chi connectivity index (χ3v) is 9.96. The number of hydrogen-bond donors (Lipinski definition) is 0. The predicted octanol–water partition coefficient (Wildman–Crippen LogP) is 12.8. The summed E-state index contributed by atoms with van der Waals surface area (Å²) in [7, 11) is 0. The van der Waals surface area contributed by atoms with E-state index in [0.717, 1.165) is 66.3 Å². The second-order valence-corrected chi connectivity index (χ2v) is 12.5. The molecule has 0 amide bonds. The van der Waals surface area contributed by atoms with Gasteiger partial charge in [-0.05, 0) is 83.3 Å². The van der Waals surface area contributed by atoms with Gasteiger partial charge in [0.05, 0.1) is 16.9 Å². The molecule has 9 aromatic rings. The quantitative estimate of drug-likeness (QED) is 0.200. The number of allylic oxidation sites excluding steroid dienone is 2. The first-order chi connectivity index (χ1) is 23.1. The van der Waals surface area contributed by atoms with E-state index in [-0.39, 0.29) is 0 Å². The molecule has 3 aromatic heterocycles. The van der Waals surface area contributed by atoms with Crippen molar-refractivity contribution in [3.8, 4) is 16.8 Å². The molecule has 0 unspecified atom stereocenters. The molecular formula is C44H29NO2. The molecular weight excluding hydrogens is 574 g/mol. The van der Waals surface area contributed by atoms with Crippen molar-refractivity contribution in [1.82, 2.24) is 4.57 Å². The highest BCUT2D eigenvalue weighted by molar-refractivity contribution is 6.19. The first-order valence-corrected chi connectivity index (χ1v) is 16.1. The standard InChI is InChI=1S/C44H29NO2/c1-4-12-27-26(5-2)22-34(29-14-7-6-13-28(27)29)30-16-10-17-31-35-23-41-36(24-40(35)46-43(30)31)32-18-11-20-38(44(32)47-41)45-37-19-9-8-15-33(37)42-25(3)21-39(42)45/h4-24H,2H2,1,3H3/b12-4-. The first-order valence-electron chi connectivity index (χ1n) is 16.1. The molecule has 0 atom stereocenters. The van der Waals surface area contributed by atoms with Crippen LogP contribution in [0.2, 0.25) is 0 Å². The molecule has 222 valence electrons. The van der Waals surface area contributed by atoms with Gasteiger partial charge in [0.25, 0.3) is 0 Å². The van der Waals surface area contributed by atoms with Crippen LogP contribution in [-0.4, -0.2) is 4.57 Å². The Hall–Kier alpha value is -6.06. The van der Waals surface area contributed by atoms with Crippen LogP contribution in [0.15, 0.2) is 125 Å². The summed E-state index contributed by atoms with van der Waals surface area (Å²) in [5, 5.41) is 7.90. The van der Waals surface area contributed by atoms with E-state index in [1.165, 1.54) is 44.1 Å². The van der Waals surface area contributed by atoms with Crippen molar-refractivity contribution in [2.75, 3.05) is 0 Å². The maximum absolute atomic E-state index is 6.79. The number of nitrogens with zero attached hydrogens (tertiary/aromatic N) is 1. The van der Waals surface area contributed by atoms with Crippen molar-refractivity contribution in [2.45, 2.75) is 13.8 Å². The third-order valence-electron chi connectivity index (χ3n) is 9.96. The minimum atomic E-state index is 0.848. The summed E-state index contributed by atoms with van der Waals surface area (Å²) in [5.74, 6) is 0. The second kappa shape index (κ2) is 9.48. The Labute approximate surface area is 270 Å². The normalized spacial score (nSPS) is 13.0. The van der Waals surface area contributed by atoms with Crippen molar-refractivity contribution in [3.63, 3.8) is 0 Å². The van der Waals surface area contributed by atoms with Gasteiger partial charge in [0.1, 0.15) is 16.7 Å². The van der Waals surface area contributed by atoms with Crippen LogP contribution in [0.3, 0.4) is 0 Å². The minimum absolute atomic E-state index is 0.848. The van der Waals surface area contributed by atoms with Crippen molar-refractivity contribution < 1.29 is 8.83 Å². The van der Waals surface area contributed by atoms with Crippen LogP contribution in [0.4, 0.5) is 0 Å². The molecule has 0 N–H and O–H groups in total. The highest BCUT2D eigenvalue weighted by atomic mass is 16.3. The molecule has 0 spiro atoms. The Balaban J connectivity index is 1.21. The SMILES string of the molecule is C=Cc1cc(-c2cccc3c2oc2cc4c(cc23)oc2c(-n3c5c(c6ccccc63)C(C)=C5)cccc24)c2ccccc2c1/C=C\C. The summed E-state index contributed by atoms with van der Waals surface area (Å²) >= 11 is 0. The number of fused-ring (bicyclic) bond motifs is 10. The van der Waals surface area contributed by atoms with Crippen LogP contribution < -0.4 is 0 Å². The van der Waals surface area contributed by atoms with E-state index in [1.807, 2.05) is 6.08 Å². The summed E-state index contributed by atoms with van der Waals surface area (Å²) in [4.78, 5) is 0. The Morgan fingerprint density at radius 1 is 0.638 bits per heavy atom. The van der Waals surface area contributed by atoms with E-state index in [4.69, 9.17) is 8.83 Å². The maximum atomic E-state index is 6.79. The summed E-state index contributed by atoms with van der Waals surface area (Å²) in [6.45, 7) is 8.38. The molecule has 3 heterocycles.